The van der Waals surface area contributed by atoms with Crippen LogP contribution in [-0.4, -0.2) is 31.3 Å². The Bertz CT molecular complexity index is 665. The molecule has 1 N–H and O–H groups in total. The van der Waals surface area contributed by atoms with Gasteiger partial charge >= 0.3 is 5.97 Å². The highest BCUT2D eigenvalue weighted by atomic mass is 32.2. The van der Waals surface area contributed by atoms with E-state index in [1.807, 2.05) is 0 Å². The summed E-state index contributed by atoms with van der Waals surface area (Å²) in [6, 6.07) is 11.7. The highest BCUT2D eigenvalue weighted by Crippen LogP contribution is 2.17. The minimum absolute atomic E-state index is 0.152. The summed E-state index contributed by atoms with van der Waals surface area (Å²) in [5, 5.41) is 2.86. The zero-order valence-corrected chi connectivity index (χ0v) is 14.8. The number of hydrogen-bond donors (Lipinski definition) is 1. The number of benzene rings is 1. The summed E-state index contributed by atoms with van der Waals surface area (Å²) >= 11 is 2.92. The molecule has 0 spiro atoms. The quantitative estimate of drug-likeness (QED) is 0.614. The number of aryl methyl sites for hydroxylation is 1. The van der Waals surface area contributed by atoms with Crippen LogP contribution in [0.25, 0.3) is 0 Å². The lowest BCUT2D eigenvalue weighted by molar-refractivity contribution is 0.0606. The van der Waals surface area contributed by atoms with E-state index < -0.39 is 5.97 Å². The van der Waals surface area contributed by atoms with E-state index in [0.29, 0.717) is 16.3 Å². The maximum absolute atomic E-state index is 12.0. The lowest BCUT2D eigenvalue weighted by Crippen LogP contribution is -2.24. The molecule has 122 valence electrons. The second kappa shape index (κ2) is 8.74. The van der Waals surface area contributed by atoms with Crippen LogP contribution in [-0.2, 0) is 10.5 Å². The van der Waals surface area contributed by atoms with Gasteiger partial charge in [0, 0.05) is 18.1 Å². The monoisotopic (exact) mass is 349 g/mol. The average Bonchev–Trinajstić information content (AvgIpc) is 3.05. The summed E-state index contributed by atoms with van der Waals surface area (Å²) in [5.74, 6) is 1.21. The van der Waals surface area contributed by atoms with Crippen LogP contribution < -0.4 is 5.32 Å². The molecule has 2 aromatic rings. The summed E-state index contributed by atoms with van der Waals surface area (Å²) in [7, 11) is 1.33. The summed E-state index contributed by atoms with van der Waals surface area (Å²) in [4.78, 5) is 24.3. The topological polar surface area (TPSA) is 55.4 Å². The summed E-state index contributed by atoms with van der Waals surface area (Å²) < 4.78 is 4.63. The van der Waals surface area contributed by atoms with E-state index in [2.05, 4.69) is 41.2 Å². The SMILES string of the molecule is COC(=O)c1ccc(C(=O)NCCSCc2ccc(C)cc2)s1. The number of ether oxygens (including phenoxy) is 1. The molecule has 2 rings (SSSR count). The van der Waals surface area contributed by atoms with E-state index in [1.165, 1.54) is 18.2 Å². The van der Waals surface area contributed by atoms with Gasteiger partial charge in [0.1, 0.15) is 4.88 Å². The molecule has 4 nitrogen and oxygen atoms in total. The van der Waals surface area contributed by atoms with E-state index in [1.54, 1.807) is 23.9 Å². The molecule has 0 saturated carbocycles. The van der Waals surface area contributed by atoms with Gasteiger partial charge in [0.2, 0.25) is 0 Å². The van der Waals surface area contributed by atoms with Gasteiger partial charge in [0.15, 0.2) is 0 Å². The molecule has 1 aromatic carbocycles. The lowest BCUT2D eigenvalue weighted by Gasteiger charge is -2.04. The molecule has 0 unspecified atom stereocenters. The molecular weight excluding hydrogens is 330 g/mol. The molecule has 1 aromatic heterocycles. The molecular formula is C17H19NO3S2. The van der Waals surface area contributed by atoms with Gasteiger partial charge in [0.05, 0.1) is 12.0 Å². The second-order valence-corrected chi connectivity index (χ2v) is 7.14. The van der Waals surface area contributed by atoms with Crippen molar-refractivity contribution < 1.29 is 14.3 Å². The van der Waals surface area contributed by atoms with E-state index >= 15 is 0 Å². The predicted octanol–water partition coefficient (Wildman–Crippen LogP) is 3.51. The number of rotatable bonds is 7. The molecule has 0 atom stereocenters. The Kier molecular flexibility index (Phi) is 6.67. The fourth-order valence-corrected chi connectivity index (χ4v) is 3.53. The fraction of sp³-hybridized carbons (Fsp3) is 0.294. The van der Waals surface area contributed by atoms with Gasteiger partial charge in [-0.2, -0.15) is 11.8 Å². The first-order chi connectivity index (χ1) is 11.1. The summed E-state index contributed by atoms with van der Waals surface area (Å²) in [6.07, 6.45) is 0. The van der Waals surface area contributed by atoms with Crippen molar-refractivity contribution in [2.45, 2.75) is 12.7 Å². The Labute approximate surface area is 144 Å². The van der Waals surface area contributed by atoms with Crippen LogP contribution >= 0.6 is 23.1 Å². The lowest BCUT2D eigenvalue weighted by atomic mass is 10.2. The Balaban J connectivity index is 1.69. The van der Waals surface area contributed by atoms with Crippen LogP contribution in [0.15, 0.2) is 36.4 Å². The molecule has 0 radical (unpaired) electrons. The number of carbonyl (C=O) groups is 2. The molecule has 0 fully saturated rings. The van der Waals surface area contributed by atoms with E-state index in [0.717, 1.165) is 22.8 Å². The number of amides is 1. The number of thiophene rings is 1. The molecule has 6 heteroatoms. The highest BCUT2D eigenvalue weighted by molar-refractivity contribution is 7.98. The maximum atomic E-state index is 12.0. The number of thioether (sulfide) groups is 1. The first-order valence-corrected chi connectivity index (χ1v) is 9.17. The molecule has 1 heterocycles. The van der Waals surface area contributed by atoms with Crippen LogP contribution in [0, 0.1) is 6.92 Å². The van der Waals surface area contributed by atoms with Crippen LogP contribution in [0.1, 0.15) is 30.5 Å². The van der Waals surface area contributed by atoms with E-state index in [-0.39, 0.29) is 5.91 Å². The first-order valence-electron chi connectivity index (χ1n) is 7.20. The van der Waals surface area contributed by atoms with Crippen LogP contribution in [0.3, 0.4) is 0 Å². The van der Waals surface area contributed by atoms with Gasteiger partial charge in [-0.1, -0.05) is 29.8 Å². The van der Waals surface area contributed by atoms with E-state index in [4.69, 9.17) is 0 Å². The normalized spacial score (nSPS) is 10.3. The third kappa shape index (κ3) is 5.41. The maximum Gasteiger partial charge on any atom is 0.348 e. The Hall–Kier alpha value is -1.79. The fourth-order valence-electron chi connectivity index (χ4n) is 1.87. The van der Waals surface area contributed by atoms with Gasteiger partial charge in [-0.3, -0.25) is 4.79 Å². The van der Waals surface area contributed by atoms with Crippen molar-refractivity contribution in [3.05, 3.63) is 57.3 Å². The van der Waals surface area contributed by atoms with E-state index in [9.17, 15) is 9.59 Å². The molecule has 0 aliphatic carbocycles. The molecule has 0 aliphatic rings. The molecule has 23 heavy (non-hydrogen) atoms. The van der Waals surface area contributed by atoms with Crippen molar-refractivity contribution in [1.82, 2.24) is 5.32 Å². The number of carbonyl (C=O) groups excluding carboxylic acids is 2. The van der Waals surface area contributed by atoms with Crippen molar-refractivity contribution in [3.8, 4) is 0 Å². The smallest absolute Gasteiger partial charge is 0.348 e. The number of esters is 1. The van der Waals surface area contributed by atoms with Crippen molar-refractivity contribution in [2.24, 2.45) is 0 Å². The third-order valence-electron chi connectivity index (χ3n) is 3.14. The van der Waals surface area contributed by atoms with Crippen molar-refractivity contribution in [1.29, 1.82) is 0 Å². The Morgan fingerprint density at radius 1 is 1.13 bits per heavy atom. The summed E-state index contributed by atoms with van der Waals surface area (Å²) in [5.41, 5.74) is 2.54. The summed E-state index contributed by atoms with van der Waals surface area (Å²) in [6.45, 7) is 2.67. The van der Waals surface area contributed by atoms with Crippen LogP contribution in [0.2, 0.25) is 0 Å². The molecule has 0 bridgehead atoms. The number of nitrogens with one attached hydrogen (secondary N) is 1. The minimum Gasteiger partial charge on any atom is -0.465 e. The number of methoxy groups -OCH3 is 1. The van der Waals surface area contributed by atoms with Crippen LogP contribution in [0.4, 0.5) is 0 Å². The van der Waals surface area contributed by atoms with Crippen LogP contribution in [0.5, 0.6) is 0 Å². The average molecular weight is 349 g/mol. The highest BCUT2D eigenvalue weighted by Gasteiger charge is 2.13. The largest absolute Gasteiger partial charge is 0.465 e. The molecule has 1 amide bonds. The zero-order valence-electron chi connectivity index (χ0n) is 13.1. The van der Waals surface area contributed by atoms with Crippen molar-refractivity contribution in [3.63, 3.8) is 0 Å². The van der Waals surface area contributed by atoms with Gasteiger partial charge in [-0.25, -0.2) is 4.79 Å². The van der Waals surface area contributed by atoms with Gasteiger partial charge in [0.25, 0.3) is 5.91 Å². The Morgan fingerprint density at radius 3 is 2.52 bits per heavy atom. The predicted molar refractivity (Wildman–Crippen MR) is 95.3 cm³/mol. The van der Waals surface area contributed by atoms with Gasteiger partial charge < -0.3 is 10.1 Å². The van der Waals surface area contributed by atoms with Crippen molar-refractivity contribution >= 4 is 35.0 Å². The standard InChI is InChI=1S/C17H19NO3S2/c1-12-3-5-13(6-4-12)11-22-10-9-18-16(19)14-7-8-15(23-14)17(20)21-2/h3-8H,9-11H2,1-2H3,(H,18,19). The van der Waals surface area contributed by atoms with Gasteiger partial charge in [-0.15, -0.1) is 11.3 Å². The zero-order chi connectivity index (χ0) is 16.7. The minimum atomic E-state index is -0.414. The second-order valence-electron chi connectivity index (χ2n) is 4.95. The Morgan fingerprint density at radius 2 is 1.83 bits per heavy atom. The van der Waals surface area contributed by atoms with Crippen molar-refractivity contribution in [2.75, 3.05) is 19.4 Å². The third-order valence-corrected chi connectivity index (χ3v) is 5.23. The molecule has 0 saturated heterocycles. The first kappa shape index (κ1) is 17.6. The van der Waals surface area contributed by atoms with Gasteiger partial charge in [-0.05, 0) is 24.6 Å². The molecule has 0 aliphatic heterocycles. The number of hydrogen-bond acceptors (Lipinski definition) is 5.